The van der Waals surface area contributed by atoms with Crippen molar-refractivity contribution in [3.05, 3.63) is 71.3 Å². The zero-order valence-electron chi connectivity index (χ0n) is 19.5. The predicted molar refractivity (Wildman–Crippen MR) is 141 cm³/mol. The van der Waals surface area contributed by atoms with Crippen molar-refractivity contribution in [2.75, 3.05) is 23.1 Å². The number of benzene rings is 3. The molecule has 8 nitrogen and oxygen atoms in total. The summed E-state index contributed by atoms with van der Waals surface area (Å²) in [5, 5.41) is 17.4. The molecule has 0 spiro atoms. The van der Waals surface area contributed by atoms with Crippen LogP contribution in [0.1, 0.15) is 29.5 Å². The molecule has 0 saturated carbocycles. The molecule has 5 rings (SSSR count). The molecule has 0 radical (unpaired) electrons. The Kier molecular flexibility index (Phi) is 6.34. The number of likely N-dealkylation sites (tertiary alicyclic amines) is 1. The van der Waals surface area contributed by atoms with E-state index in [1.165, 1.54) is 0 Å². The molecule has 0 bridgehead atoms. The van der Waals surface area contributed by atoms with Gasteiger partial charge in [0.2, 0.25) is 0 Å². The highest BCUT2D eigenvalue weighted by atomic mass is 32.2. The summed E-state index contributed by atoms with van der Waals surface area (Å²) in [6.07, 6.45) is 2.52. The number of rotatable bonds is 5. The van der Waals surface area contributed by atoms with Gasteiger partial charge in [-0.25, -0.2) is 4.21 Å². The van der Waals surface area contributed by atoms with Crippen molar-refractivity contribution in [1.82, 2.24) is 4.90 Å². The minimum Gasteiger partial charge on any atom is -0.490 e. The Morgan fingerprint density at radius 1 is 1.00 bits per heavy atom. The zero-order valence-corrected chi connectivity index (χ0v) is 20.3. The van der Waals surface area contributed by atoms with Crippen molar-refractivity contribution in [3.8, 4) is 5.75 Å². The Morgan fingerprint density at radius 2 is 1.77 bits per heavy atom. The molecule has 35 heavy (non-hydrogen) atoms. The number of amidine groups is 1. The van der Waals surface area contributed by atoms with Crippen LogP contribution in [0, 0.1) is 10.8 Å². The third-order valence-electron chi connectivity index (χ3n) is 6.74. The minimum absolute atomic E-state index is 0.0470. The van der Waals surface area contributed by atoms with Crippen molar-refractivity contribution >= 4 is 39.2 Å². The van der Waals surface area contributed by atoms with Crippen LogP contribution in [-0.2, 0) is 24.0 Å². The smallest absolute Gasteiger partial charge is 0.188 e. The highest BCUT2D eigenvalue weighted by Gasteiger charge is 2.25. The molecule has 6 N–H and O–H groups in total. The first-order valence-corrected chi connectivity index (χ1v) is 13.1. The molecule has 1 fully saturated rings. The van der Waals surface area contributed by atoms with Crippen molar-refractivity contribution in [3.63, 3.8) is 0 Å². The number of guanidine groups is 1. The van der Waals surface area contributed by atoms with E-state index < -0.39 is 11.0 Å². The maximum Gasteiger partial charge on any atom is 0.188 e. The van der Waals surface area contributed by atoms with Gasteiger partial charge in [-0.3, -0.25) is 15.1 Å². The standard InChI is InChI=1S/C26H30N6O2S/c27-25(28)20-4-3-18-2-1-17(13-21(18)14-20)16-32-24-6-5-23(15-19(24)9-12-35(32)33)34-22-7-10-31(11-8-22)26(29)30/h1-6,13-15,22H,7-12,16H2,(H3,27,28)(H3,29,30). The number of ether oxygens (including phenoxy) is 1. The molecule has 0 aliphatic carbocycles. The number of anilines is 1. The zero-order chi connectivity index (χ0) is 24.5. The predicted octanol–water partition coefficient (Wildman–Crippen LogP) is 3.09. The number of piperidine rings is 1. The van der Waals surface area contributed by atoms with E-state index in [1.807, 2.05) is 39.5 Å². The van der Waals surface area contributed by atoms with Gasteiger partial charge in [0.1, 0.15) is 28.7 Å². The fourth-order valence-corrected chi connectivity index (χ4v) is 6.09. The van der Waals surface area contributed by atoms with Crippen molar-refractivity contribution in [2.24, 2.45) is 11.5 Å². The molecule has 0 amide bonds. The van der Waals surface area contributed by atoms with E-state index in [9.17, 15) is 4.21 Å². The van der Waals surface area contributed by atoms with Crippen molar-refractivity contribution in [1.29, 1.82) is 10.8 Å². The number of hydrogen-bond acceptors (Lipinski definition) is 4. The second kappa shape index (κ2) is 9.58. The molecule has 3 aromatic carbocycles. The lowest BCUT2D eigenvalue weighted by Crippen LogP contribution is -2.44. The second-order valence-electron chi connectivity index (χ2n) is 9.10. The molecule has 0 aromatic heterocycles. The maximum absolute atomic E-state index is 13.0. The fourth-order valence-electron chi connectivity index (χ4n) is 4.79. The Morgan fingerprint density at radius 3 is 2.51 bits per heavy atom. The summed E-state index contributed by atoms with van der Waals surface area (Å²) in [6, 6.07) is 18.0. The summed E-state index contributed by atoms with van der Waals surface area (Å²) < 4.78 is 21.2. The van der Waals surface area contributed by atoms with Gasteiger partial charge in [0, 0.05) is 37.2 Å². The van der Waals surface area contributed by atoms with Crippen molar-refractivity contribution < 1.29 is 8.95 Å². The van der Waals surface area contributed by atoms with Crippen LogP contribution in [0.3, 0.4) is 0 Å². The van der Waals surface area contributed by atoms with Gasteiger partial charge in [0.25, 0.3) is 0 Å². The molecule has 1 unspecified atom stereocenters. The molecule has 1 saturated heterocycles. The SMILES string of the molecule is N=C(N)c1ccc2ccc(CN3c4ccc(OC5CCN(C(=N)N)CC5)cc4CCS3=O)cc2c1. The van der Waals surface area contributed by atoms with Crippen LogP contribution in [-0.4, -0.2) is 45.9 Å². The quantitative estimate of drug-likeness (QED) is 0.322. The molecule has 2 heterocycles. The van der Waals surface area contributed by atoms with Gasteiger partial charge < -0.3 is 21.1 Å². The molecule has 182 valence electrons. The molecule has 3 aromatic rings. The van der Waals surface area contributed by atoms with Gasteiger partial charge in [-0.1, -0.05) is 24.3 Å². The third-order valence-corrected chi connectivity index (χ3v) is 8.11. The number of nitrogens with zero attached hydrogens (tertiary/aromatic N) is 2. The highest BCUT2D eigenvalue weighted by Crippen LogP contribution is 2.33. The van der Waals surface area contributed by atoms with Gasteiger partial charge in [-0.05, 0) is 58.7 Å². The molecule has 9 heteroatoms. The lowest BCUT2D eigenvalue weighted by Gasteiger charge is -2.33. The van der Waals surface area contributed by atoms with E-state index in [0.717, 1.165) is 65.7 Å². The first-order chi connectivity index (χ1) is 16.9. The molecule has 2 aliphatic heterocycles. The lowest BCUT2D eigenvalue weighted by molar-refractivity contribution is 0.130. The molecular formula is C26H30N6O2S. The van der Waals surface area contributed by atoms with Crippen LogP contribution in [0.5, 0.6) is 5.75 Å². The van der Waals surface area contributed by atoms with Gasteiger partial charge in [0.05, 0.1) is 12.2 Å². The summed E-state index contributed by atoms with van der Waals surface area (Å²) in [4.78, 5) is 1.87. The van der Waals surface area contributed by atoms with Crippen LogP contribution in [0.15, 0.2) is 54.6 Å². The Balaban J connectivity index is 1.33. The first kappa shape index (κ1) is 23.2. The van der Waals surface area contributed by atoms with Crippen LogP contribution < -0.4 is 20.5 Å². The largest absolute Gasteiger partial charge is 0.490 e. The topological polar surface area (TPSA) is 133 Å². The molecule has 2 aliphatic rings. The minimum atomic E-state index is -1.11. The van der Waals surface area contributed by atoms with Gasteiger partial charge in [0.15, 0.2) is 5.96 Å². The monoisotopic (exact) mass is 490 g/mol. The van der Waals surface area contributed by atoms with Crippen molar-refractivity contribution in [2.45, 2.75) is 31.9 Å². The fraction of sp³-hybridized carbons (Fsp3) is 0.308. The number of nitrogens with one attached hydrogen (secondary N) is 2. The van der Waals surface area contributed by atoms with Gasteiger partial charge >= 0.3 is 0 Å². The average Bonchev–Trinajstić information content (AvgIpc) is 2.85. The number of nitrogens with two attached hydrogens (primary N) is 2. The Hall–Kier alpha value is -3.59. The van der Waals surface area contributed by atoms with E-state index in [-0.39, 0.29) is 17.9 Å². The lowest BCUT2D eigenvalue weighted by atomic mass is 10.0. The van der Waals surface area contributed by atoms with Gasteiger partial charge in [-0.15, -0.1) is 0 Å². The summed E-state index contributed by atoms with van der Waals surface area (Å²) >= 11 is 0. The van der Waals surface area contributed by atoms with Crippen LogP contribution in [0.2, 0.25) is 0 Å². The summed E-state index contributed by atoms with van der Waals surface area (Å²) in [6.45, 7) is 2.00. The van der Waals surface area contributed by atoms with E-state index in [4.69, 9.17) is 27.0 Å². The summed E-state index contributed by atoms with van der Waals surface area (Å²) in [7, 11) is -1.11. The van der Waals surface area contributed by atoms with Crippen LogP contribution in [0.25, 0.3) is 10.8 Å². The Labute approximate surface area is 207 Å². The van der Waals surface area contributed by atoms with E-state index in [1.54, 1.807) is 0 Å². The second-order valence-corrected chi connectivity index (χ2v) is 10.6. The number of fused-ring (bicyclic) bond motifs is 2. The third kappa shape index (κ3) is 4.95. The number of nitrogen functional groups attached to an aromatic ring is 1. The summed E-state index contributed by atoms with van der Waals surface area (Å²) in [5.41, 5.74) is 15.1. The van der Waals surface area contributed by atoms with E-state index >= 15 is 0 Å². The van der Waals surface area contributed by atoms with Gasteiger partial charge in [-0.2, -0.15) is 0 Å². The van der Waals surface area contributed by atoms with Crippen LogP contribution >= 0.6 is 0 Å². The summed E-state index contributed by atoms with van der Waals surface area (Å²) in [5.74, 6) is 1.58. The Bertz CT molecular complexity index is 1320. The van der Waals surface area contributed by atoms with Crippen LogP contribution in [0.4, 0.5) is 5.69 Å². The first-order valence-electron chi connectivity index (χ1n) is 11.8. The normalized spacial score (nSPS) is 18.3. The number of hydrogen-bond donors (Lipinski definition) is 4. The highest BCUT2D eigenvalue weighted by molar-refractivity contribution is 7.86. The maximum atomic E-state index is 13.0. The average molecular weight is 491 g/mol. The molecular weight excluding hydrogens is 460 g/mol. The molecule has 1 atom stereocenters. The number of aryl methyl sites for hydroxylation is 1. The van der Waals surface area contributed by atoms with E-state index in [2.05, 4.69) is 24.3 Å². The van der Waals surface area contributed by atoms with E-state index in [0.29, 0.717) is 17.9 Å².